The van der Waals surface area contributed by atoms with E-state index in [1.54, 1.807) is 54.6 Å². The number of halogens is 2. The fourth-order valence-corrected chi connectivity index (χ4v) is 2.61. The lowest BCUT2D eigenvalue weighted by atomic mass is 10.1. The van der Waals surface area contributed by atoms with E-state index in [2.05, 4.69) is 10.6 Å². The van der Waals surface area contributed by atoms with Gasteiger partial charge in [-0.15, -0.1) is 0 Å². The first-order valence-electron chi connectivity index (χ1n) is 8.42. The van der Waals surface area contributed by atoms with Gasteiger partial charge in [-0.25, -0.2) is 4.39 Å². The van der Waals surface area contributed by atoms with Gasteiger partial charge in [0.05, 0.1) is 0 Å². The van der Waals surface area contributed by atoms with Gasteiger partial charge >= 0.3 is 0 Å². The third-order valence-corrected chi connectivity index (χ3v) is 4.18. The minimum absolute atomic E-state index is 0.00581. The molecule has 2 amide bonds. The minimum Gasteiger partial charge on any atom is -0.321 e. The highest BCUT2D eigenvalue weighted by Gasteiger charge is 2.15. The summed E-state index contributed by atoms with van der Waals surface area (Å²) < 4.78 is 13.1. The molecule has 0 unspecified atom stereocenters. The van der Waals surface area contributed by atoms with Crippen molar-refractivity contribution < 1.29 is 14.0 Å². The van der Waals surface area contributed by atoms with Crippen LogP contribution >= 0.6 is 11.6 Å². The maximum atomic E-state index is 13.1. The molecule has 0 fully saturated rings. The molecule has 0 bridgehead atoms. The number of nitrogens with one attached hydrogen (secondary N) is 2. The number of rotatable bonds is 5. The van der Waals surface area contributed by atoms with Crippen LogP contribution in [0.3, 0.4) is 0 Å². The van der Waals surface area contributed by atoms with Gasteiger partial charge in [0.25, 0.3) is 11.8 Å². The predicted molar refractivity (Wildman–Crippen MR) is 108 cm³/mol. The number of carbonyl (C=O) groups is 2. The van der Waals surface area contributed by atoms with E-state index in [1.807, 2.05) is 0 Å². The molecule has 0 heterocycles. The average molecular weight is 395 g/mol. The molecule has 0 saturated heterocycles. The maximum Gasteiger partial charge on any atom is 0.272 e. The van der Waals surface area contributed by atoms with E-state index < -0.39 is 17.6 Å². The molecule has 0 spiro atoms. The smallest absolute Gasteiger partial charge is 0.272 e. The third kappa shape index (κ3) is 5.05. The lowest BCUT2D eigenvalue weighted by molar-refractivity contribution is -0.113. The van der Waals surface area contributed by atoms with Crippen molar-refractivity contribution in [2.75, 3.05) is 5.32 Å². The lowest BCUT2D eigenvalue weighted by Crippen LogP contribution is -2.30. The van der Waals surface area contributed by atoms with E-state index in [0.717, 1.165) is 0 Å². The monoisotopic (exact) mass is 394 g/mol. The second kappa shape index (κ2) is 8.97. The average Bonchev–Trinajstić information content (AvgIpc) is 2.71. The highest BCUT2D eigenvalue weighted by molar-refractivity contribution is 6.32. The molecule has 2 N–H and O–H groups in total. The second-order valence-electron chi connectivity index (χ2n) is 5.86. The lowest BCUT2D eigenvalue weighted by Gasteiger charge is -2.12. The Morgan fingerprint density at radius 1 is 0.857 bits per heavy atom. The Morgan fingerprint density at radius 3 is 2.18 bits per heavy atom. The molecule has 0 aliphatic rings. The summed E-state index contributed by atoms with van der Waals surface area (Å²) in [5.41, 5.74) is 1.38. The van der Waals surface area contributed by atoms with Gasteiger partial charge in [-0.05, 0) is 54.1 Å². The highest BCUT2D eigenvalue weighted by atomic mass is 35.5. The highest BCUT2D eigenvalue weighted by Crippen LogP contribution is 2.19. The van der Waals surface area contributed by atoms with Crippen LogP contribution in [-0.2, 0) is 4.79 Å². The van der Waals surface area contributed by atoms with E-state index in [9.17, 15) is 14.0 Å². The Kier molecular flexibility index (Phi) is 6.19. The molecule has 3 aromatic carbocycles. The number of hydrogen-bond acceptors (Lipinski definition) is 2. The van der Waals surface area contributed by atoms with Crippen LogP contribution in [0.4, 0.5) is 10.1 Å². The van der Waals surface area contributed by atoms with Crippen LogP contribution in [0, 0.1) is 5.82 Å². The number of anilines is 1. The first-order valence-corrected chi connectivity index (χ1v) is 8.80. The van der Waals surface area contributed by atoms with E-state index in [-0.39, 0.29) is 5.70 Å². The van der Waals surface area contributed by atoms with E-state index in [4.69, 9.17) is 11.6 Å². The molecule has 0 aliphatic carbocycles. The summed E-state index contributed by atoms with van der Waals surface area (Å²) in [5.74, 6) is -1.41. The molecule has 4 nitrogen and oxygen atoms in total. The van der Waals surface area contributed by atoms with Crippen molar-refractivity contribution in [2.45, 2.75) is 0 Å². The summed E-state index contributed by atoms with van der Waals surface area (Å²) in [5, 5.41) is 5.69. The number of benzene rings is 3. The summed E-state index contributed by atoms with van der Waals surface area (Å²) in [4.78, 5) is 25.3. The SMILES string of the molecule is O=C(Nc1ccc(F)cc1)/C(=C/c1ccccc1Cl)NC(=O)c1ccccc1. The predicted octanol–water partition coefficient (Wildman–Crippen LogP) is 4.89. The van der Waals surface area contributed by atoms with Gasteiger partial charge < -0.3 is 10.6 Å². The van der Waals surface area contributed by atoms with Gasteiger partial charge in [0, 0.05) is 16.3 Å². The van der Waals surface area contributed by atoms with E-state index in [0.29, 0.717) is 21.8 Å². The standard InChI is InChI=1S/C22H16ClFN2O2/c23-19-9-5-4-8-16(19)14-20(26-21(27)15-6-2-1-3-7-15)22(28)25-18-12-10-17(24)11-13-18/h1-14H,(H,25,28)(H,26,27)/b20-14-. The van der Waals surface area contributed by atoms with Crippen molar-refractivity contribution in [3.63, 3.8) is 0 Å². The molecule has 3 rings (SSSR count). The van der Waals surface area contributed by atoms with Crippen molar-refractivity contribution in [3.8, 4) is 0 Å². The van der Waals surface area contributed by atoms with Crippen molar-refractivity contribution in [1.82, 2.24) is 5.32 Å². The van der Waals surface area contributed by atoms with Gasteiger partial charge in [-0.1, -0.05) is 48.0 Å². The Bertz CT molecular complexity index is 1020. The van der Waals surface area contributed by atoms with Gasteiger partial charge in [0.15, 0.2) is 0 Å². The minimum atomic E-state index is -0.559. The summed E-state index contributed by atoms with van der Waals surface area (Å²) in [6, 6.07) is 20.8. The van der Waals surface area contributed by atoms with Gasteiger partial charge in [0.2, 0.25) is 0 Å². The molecule has 0 aliphatic heterocycles. The molecule has 0 aromatic heterocycles. The number of amides is 2. The van der Waals surface area contributed by atoms with E-state index >= 15 is 0 Å². The molecule has 140 valence electrons. The summed E-state index contributed by atoms with van der Waals surface area (Å²) in [7, 11) is 0. The summed E-state index contributed by atoms with van der Waals surface area (Å²) in [6.07, 6.45) is 1.49. The fraction of sp³-hybridized carbons (Fsp3) is 0. The second-order valence-corrected chi connectivity index (χ2v) is 6.27. The van der Waals surface area contributed by atoms with Gasteiger partial charge in [-0.2, -0.15) is 0 Å². The zero-order valence-corrected chi connectivity index (χ0v) is 15.4. The molecule has 6 heteroatoms. The first kappa shape index (κ1) is 19.3. The van der Waals surface area contributed by atoms with Crippen molar-refractivity contribution in [2.24, 2.45) is 0 Å². The third-order valence-electron chi connectivity index (χ3n) is 3.84. The molecule has 0 saturated carbocycles. The van der Waals surface area contributed by atoms with E-state index in [1.165, 1.54) is 30.3 Å². The van der Waals surface area contributed by atoms with Gasteiger partial charge in [0.1, 0.15) is 11.5 Å². The summed E-state index contributed by atoms with van der Waals surface area (Å²) >= 11 is 6.17. The van der Waals surface area contributed by atoms with Crippen molar-refractivity contribution in [1.29, 1.82) is 0 Å². The van der Waals surface area contributed by atoms with Crippen LogP contribution in [0.2, 0.25) is 5.02 Å². The van der Waals surface area contributed by atoms with Crippen LogP contribution in [0.5, 0.6) is 0 Å². The normalized spacial score (nSPS) is 11.0. The Morgan fingerprint density at radius 2 is 1.50 bits per heavy atom. The van der Waals surface area contributed by atoms with Crippen LogP contribution in [0.25, 0.3) is 6.08 Å². The largest absolute Gasteiger partial charge is 0.321 e. The maximum absolute atomic E-state index is 13.1. The Balaban J connectivity index is 1.89. The molecule has 0 radical (unpaired) electrons. The van der Waals surface area contributed by atoms with Crippen LogP contribution in [0.1, 0.15) is 15.9 Å². The molecule has 3 aromatic rings. The zero-order valence-electron chi connectivity index (χ0n) is 14.7. The van der Waals surface area contributed by atoms with Gasteiger partial charge in [-0.3, -0.25) is 9.59 Å². The fourth-order valence-electron chi connectivity index (χ4n) is 2.42. The Hall–Kier alpha value is -3.44. The molecular weight excluding hydrogens is 379 g/mol. The van der Waals surface area contributed by atoms with Crippen LogP contribution in [0.15, 0.2) is 84.6 Å². The topological polar surface area (TPSA) is 58.2 Å². The van der Waals surface area contributed by atoms with Crippen molar-refractivity contribution >= 4 is 35.2 Å². The van der Waals surface area contributed by atoms with Crippen LogP contribution < -0.4 is 10.6 Å². The van der Waals surface area contributed by atoms with Crippen molar-refractivity contribution in [3.05, 3.63) is 107 Å². The first-order chi connectivity index (χ1) is 13.5. The molecular formula is C22H16ClFN2O2. The number of hydrogen-bond donors (Lipinski definition) is 2. The zero-order chi connectivity index (χ0) is 19.9. The molecule has 0 atom stereocenters. The van der Waals surface area contributed by atoms with Crippen LogP contribution in [-0.4, -0.2) is 11.8 Å². The number of carbonyl (C=O) groups excluding carboxylic acids is 2. The quantitative estimate of drug-likeness (QED) is 0.605. The molecule has 28 heavy (non-hydrogen) atoms. The summed E-state index contributed by atoms with van der Waals surface area (Å²) in [6.45, 7) is 0. The Labute approximate surface area is 166 Å².